The molecular weight excluding hydrogens is 431 g/mol. The van der Waals surface area contributed by atoms with Crippen LogP contribution in [0.2, 0.25) is 10.0 Å². The van der Waals surface area contributed by atoms with Gasteiger partial charge in [0.15, 0.2) is 0 Å². The molecule has 0 aliphatic heterocycles. The fourth-order valence-electron chi connectivity index (χ4n) is 3.34. The van der Waals surface area contributed by atoms with Crippen LogP contribution in [0.15, 0.2) is 48.5 Å². The summed E-state index contributed by atoms with van der Waals surface area (Å²) in [7, 11) is -3.72. The van der Waals surface area contributed by atoms with Gasteiger partial charge in [-0.25, -0.2) is 8.42 Å². The first-order valence-corrected chi connectivity index (χ1v) is 11.8. The van der Waals surface area contributed by atoms with E-state index in [0.717, 1.165) is 10.6 Å². The van der Waals surface area contributed by atoms with Gasteiger partial charge in [-0.15, -0.1) is 0 Å². The molecule has 2 aromatic rings. The molecule has 1 N–H and O–H groups in total. The molecule has 0 aliphatic rings. The van der Waals surface area contributed by atoms with Gasteiger partial charge >= 0.3 is 0 Å². The number of anilines is 1. The van der Waals surface area contributed by atoms with Crippen molar-refractivity contribution >= 4 is 44.8 Å². The van der Waals surface area contributed by atoms with E-state index in [9.17, 15) is 13.2 Å². The van der Waals surface area contributed by atoms with Crippen LogP contribution in [0.1, 0.15) is 32.8 Å². The number of benzene rings is 2. The summed E-state index contributed by atoms with van der Waals surface area (Å²) >= 11 is 12.0. The number of hydrogen-bond acceptors (Lipinski definition) is 3. The lowest BCUT2D eigenvalue weighted by atomic mass is 9.79. The van der Waals surface area contributed by atoms with Crippen LogP contribution in [0.5, 0.6) is 0 Å². The van der Waals surface area contributed by atoms with Crippen LogP contribution >= 0.6 is 23.2 Å². The number of nitrogens with zero attached hydrogens (tertiary/aromatic N) is 1. The third-order valence-corrected chi connectivity index (χ3v) is 6.31. The standard InChI is InChI=1S/C21H26Cl2N2O3S/c1-15(13-21(2,3)16-8-6-5-7-9-16)24-20(26)14-25(29(4,27)28)19-11-10-17(22)12-18(19)23/h5-12,15H,13-14H2,1-4H3,(H,24,26). The molecule has 2 rings (SSSR count). The molecule has 0 aromatic heterocycles. The molecule has 0 fully saturated rings. The number of amides is 1. The van der Waals surface area contributed by atoms with Gasteiger partial charge in [-0.1, -0.05) is 67.4 Å². The normalized spacial score (nSPS) is 13.0. The summed E-state index contributed by atoms with van der Waals surface area (Å²) in [6.45, 7) is 5.77. The molecule has 1 amide bonds. The van der Waals surface area contributed by atoms with E-state index in [1.54, 1.807) is 0 Å². The van der Waals surface area contributed by atoms with Crippen LogP contribution in [0, 0.1) is 0 Å². The van der Waals surface area contributed by atoms with Crippen molar-refractivity contribution < 1.29 is 13.2 Å². The fourth-order valence-corrected chi connectivity index (χ4v) is 4.77. The lowest BCUT2D eigenvalue weighted by Crippen LogP contribution is -2.44. The maximum atomic E-state index is 12.6. The minimum Gasteiger partial charge on any atom is -0.352 e. The molecule has 0 saturated carbocycles. The van der Waals surface area contributed by atoms with Crippen LogP contribution in [-0.4, -0.2) is 33.2 Å². The van der Waals surface area contributed by atoms with E-state index in [-0.39, 0.29) is 28.7 Å². The molecule has 29 heavy (non-hydrogen) atoms. The maximum absolute atomic E-state index is 12.6. The van der Waals surface area contributed by atoms with Gasteiger partial charge in [0.1, 0.15) is 6.54 Å². The monoisotopic (exact) mass is 456 g/mol. The molecule has 8 heteroatoms. The molecule has 158 valence electrons. The zero-order valence-electron chi connectivity index (χ0n) is 16.9. The highest BCUT2D eigenvalue weighted by atomic mass is 35.5. The second-order valence-electron chi connectivity index (χ2n) is 7.79. The van der Waals surface area contributed by atoms with Crippen LogP contribution in [0.4, 0.5) is 5.69 Å². The Kier molecular flexibility index (Phi) is 7.60. The number of carbonyl (C=O) groups excluding carboxylic acids is 1. The summed E-state index contributed by atoms with van der Waals surface area (Å²) in [5.41, 5.74) is 1.24. The van der Waals surface area contributed by atoms with Gasteiger partial charge in [0.2, 0.25) is 15.9 Å². The number of nitrogens with one attached hydrogen (secondary N) is 1. The fraction of sp³-hybridized carbons (Fsp3) is 0.381. The van der Waals surface area contributed by atoms with Crippen molar-refractivity contribution in [3.63, 3.8) is 0 Å². The number of sulfonamides is 1. The first-order valence-electron chi connectivity index (χ1n) is 9.18. The van der Waals surface area contributed by atoms with Crippen LogP contribution in [-0.2, 0) is 20.2 Å². The molecule has 0 aliphatic carbocycles. The van der Waals surface area contributed by atoms with Gasteiger partial charge in [-0.3, -0.25) is 9.10 Å². The van der Waals surface area contributed by atoms with Gasteiger partial charge in [-0.2, -0.15) is 0 Å². The van der Waals surface area contributed by atoms with E-state index in [2.05, 4.69) is 31.3 Å². The molecule has 0 spiro atoms. The average Bonchev–Trinajstić information content (AvgIpc) is 2.59. The smallest absolute Gasteiger partial charge is 0.240 e. The Morgan fingerprint density at radius 3 is 2.31 bits per heavy atom. The van der Waals surface area contributed by atoms with Crippen LogP contribution in [0.25, 0.3) is 0 Å². The molecule has 1 atom stereocenters. The molecular formula is C21H26Cl2N2O3S. The molecule has 0 saturated heterocycles. The average molecular weight is 457 g/mol. The largest absolute Gasteiger partial charge is 0.352 e. The topological polar surface area (TPSA) is 66.5 Å². The molecule has 1 unspecified atom stereocenters. The summed E-state index contributed by atoms with van der Waals surface area (Å²) in [4.78, 5) is 12.6. The van der Waals surface area contributed by atoms with Crippen molar-refractivity contribution in [1.29, 1.82) is 0 Å². The van der Waals surface area contributed by atoms with Gasteiger partial charge in [0.25, 0.3) is 0 Å². The molecule has 2 aromatic carbocycles. The highest BCUT2D eigenvalue weighted by Crippen LogP contribution is 2.31. The number of halogens is 2. The third kappa shape index (κ3) is 6.63. The molecule has 0 heterocycles. The first kappa shape index (κ1) is 23.5. The van der Waals surface area contributed by atoms with Crippen LogP contribution < -0.4 is 9.62 Å². The Balaban J connectivity index is 2.10. The van der Waals surface area contributed by atoms with Gasteiger partial charge in [-0.05, 0) is 42.5 Å². The summed E-state index contributed by atoms with van der Waals surface area (Å²) in [5, 5.41) is 3.44. The summed E-state index contributed by atoms with van der Waals surface area (Å²) in [6, 6.07) is 14.4. The summed E-state index contributed by atoms with van der Waals surface area (Å²) < 4.78 is 25.5. The third-order valence-electron chi connectivity index (χ3n) is 4.65. The Hall–Kier alpha value is -1.76. The lowest BCUT2D eigenvalue weighted by Gasteiger charge is -2.30. The van der Waals surface area contributed by atoms with E-state index in [1.807, 2.05) is 25.1 Å². The minimum absolute atomic E-state index is 0.149. The van der Waals surface area contributed by atoms with Crippen molar-refractivity contribution in [2.24, 2.45) is 0 Å². The van der Waals surface area contributed by atoms with Gasteiger partial charge in [0, 0.05) is 11.1 Å². The van der Waals surface area contributed by atoms with Gasteiger partial charge < -0.3 is 5.32 Å². The van der Waals surface area contributed by atoms with E-state index >= 15 is 0 Å². The van der Waals surface area contributed by atoms with Crippen LogP contribution in [0.3, 0.4) is 0 Å². The lowest BCUT2D eigenvalue weighted by molar-refractivity contribution is -0.120. The second kappa shape index (κ2) is 9.37. The summed E-state index contributed by atoms with van der Waals surface area (Å²) in [6.07, 6.45) is 1.73. The predicted octanol–water partition coefficient (Wildman–Crippen LogP) is 4.63. The van der Waals surface area contributed by atoms with E-state index in [4.69, 9.17) is 23.2 Å². The predicted molar refractivity (Wildman–Crippen MR) is 120 cm³/mol. The van der Waals surface area contributed by atoms with Gasteiger partial charge in [0.05, 0.1) is 17.0 Å². The highest BCUT2D eigenvalue weighted by Gasteiger charge is 2.26. The quantitative estimate of drug-likeness (QED) is 0.629. The number of rotatable bonds is 8. The van der Waals surface area contributed by atoms with Crippen molar-refractivity contribution in [2.45, 2.75) is 38.6 Å². The minimum atomic E-state index is -3.72. The van der Waals surface area contributed by atoms with Crippen molar-refractivity contribution in [3.05, 3.63) is 64.1 Å². The zero-order valence-corrected chi connectivity index (χ0v) is 19.3. The first-order chi connectivity index (χ1) is 13.4. The molecule has 0 bridgehead atoms. The molecule has 5 nitrogen and oxygen atoms in total. The SMILES string of the molecule is CC(CC(C)(C)c1ccccc1)NC(=O)CN(c1ccc(Cl)cc1Cl)S(C)(=O)=O. The molecule has 0 radical (unpaired) electrons. The van der Waals surface area contributed by atoms with Crippen molar-refractivity contribution in [3.8, 4) is 0 Å². The Morgan fingerprint density at radius 2 is 1.76 bits per heavy atom. The second-order valence-corrected chi connectivity index (χ2v) is 10.5. The Labute approximate surface area is 183 Å². The van der Waals surface area contributed by atoms with Crippen molar-refractivity contribution in [2.75, 3.05) is 17.1 Å². The number of carbonyl (C=O) groups is 1. The number of hydrogen-bond donors (Lipinski definition) is 1. The van der Waals surface area contributed by atoms with Crippen molar-refractivity contribution in [1.82, 2.24) is 5.32 Å². The zero-order chi connectivity index (χ0) is 21.8. The Morgan fingerprint density at radius 1 is 1.14 bits per heavy atom. The summed E-state index contributed by atoms with van der Waals surface area (Å²) in [5.74, 6) is -0.405. The maximum Gasteiger partial charge on any atom is 0.240 e. The van der Waals surface area contributed by atoms with E-state index < -0.39 is 15.9 Å². The van der Waals surface area contributed by atoms with E-state index in [1.165, 1.54) is 23.8 Å². The highest BCUT2D eigenvalue weighted by molar-refractivity contribution is 7.92. The van der Waals surface area contributed by atoms with E-state index in [0.29, 0.717) is 11.4 Å². The Bertz CT molecular complexity index is 963.